The van der Waals surface area contributed by atoms with E-state index < -0.39 is 5.97 Å². The fourth-order valence-electron chi connectivity index (χ4n) is 2.05. The standard InChI is InChI=1S/C12H14BrNO2/c1-8-4-5-14(7-8)11-3-2-9(12(15)16)6-10(11)13/h2-3,6,8H,4-5,7H2,1H3,(H,15,16). The lowest BCUT2D eigenvalue weighted by atomic mass is 10.2. The summed E-state index contributed by atoms with van der Waals surface area (Å²) in [6, 6.07) is 5.21. The molecule has 86 valence electrons. The number of nitrogens with zero attached hydrogens (tertiary/aromatic N) is 1. The molecule has 0 aliphatic carbocycles. The number of hydrogen-bond donors (Lipinski definition) is 1. The van der Waals surface area contributed by atoms with Crippen LogP contribution in [-0.2, 0) is 0 Å². The summed E-state index contributed by atoms with van der Waals surface area (Å²) in [7, 11) is 0. The van der Waals surface area contributed by atoms with Crippen molar-refractivity contribution in [3.05, 3.63) is 28.2 Å². The number of hydrogen-bond acceptors (Lipinski definition) is 2. The van der Waals surface area contributed by atoms with Gasteiger partial charge in [-0.2, -0.15) is 0 Å². The first-order chi connectivity index (χ1) is 7.58. The number of carboxylic acid groups (broad SMARTS) is 1. The van der Waals surface area contributed by atoms with Crippen molar-refractivity contribution in [3.8, 4) is 0 Å². The number of carboxylic acids is 1. The van der Waals surface area contributed by atoms with Crippen LogP contribution in [0, 0.1) is 5.92 Å². The highest BCUT2D eigenvalue weighted by atomic mass is 79.9. The van der Waals surface area contributed by atoms with Gasteiger partial charge in [-0.25, -0.2) is 4.79 Å². The van der Waals surface area contributed by atoms with Crippen LogP contribution in [0.1, 0.15) is 23.7 Å². The van der Waals surface area contributed by atoms with Crippen molar-refractivity contribution in [3.63, 3.8) is 0 Å². The molecule has 1 heterocycles. The molecule has 1 aliphatic rings. The van der Waals surface area contributed by atoms with E-state index in [4.69, 9.17) is 5.11 Å². The van der Waals surface area contributed by atoms with E-state index in [1.807, 2.05) is 6.07 Å². The molecular weight excluding hydrogens is 270 g/mol. The predicted octanol–water partition coefficient (Wildman–Crippen LogP) is 2.99. The van der Waals surface area contributed by atoms with Crippen LogP contribution in [0.25, 0.3) is 0 Å². The molecule has 0 amide bonds. The lowest BCUT2D eigenvalue weighted by Crippen LogP contribution is -2.19. The smallest absolute Gasteiger partial charge is 0.335 e. The number of aromatic carboxylic acids is 1. The number of benzene rings is 1. The van der Waals surface area contributed by atoms with Crippen LogP contribution in [0.5, 0.6) is 0 Å². The van der Waals surface area contributed by atoms with Crippen molar-refractivity contribution < 1.29 is 9.90 Å². The van der Waals surface area contributed by atoms with Gasteiger partial charge in [0, 0.05) is 17.6 Å². The number of halogens is 1. The van der Waals surface area contributed by atoms with Crippen LogP contribution in [-0.4, -0.2) is 24.2 Å². The first kappa shape index (κ1) is 11.5. The van der Waals surface area contributed by atoms with Gasteiger partial charge in [0.2, 0.25) is 0 Å². The minimum atomic E-state index is -0.887. The fraction of sp³-hybridized carbons (Fsp3) is 0.417. The summed E-state index contributed by atoms with van der Waals surface area (Å²) in [4.78, 5) is 13.1. The van der Waals surface area contributed by atoms with Crippen molar-refractivity contribution in [2.45, 2.75) is 13.3 Å². The number of carbonyl (C=O) groups is 1. The molecule has 1 fully saturated rings. The summed E-state index contributed by atoms with van der Waals surface area (Å²) in [6.07, 6.45) is 1.20. The average Bonchev–Trinajstić information content (AvgIpc) is 2.64. The molecule has 1 saturated heterocycles. The summed E-state index contributed by atoms with van der Waals surface area (Å²) in [5.74, 6) is -0.173. The van der Waals surface area contributed by atoms with Gasteiger partial charge in [-0.3, -0.25) is 0 Å². The first-order valence-corrected chi connectivity index (χ1v) is 6.15. The summed E-state index contributed by atoms with van der Waals surface area (Å²) in [5.41, 5.74) is 1.41. The highest BCUT2D eigenvalue weighted by molar-refractivity contribution is 9.10. The highest BCUT2D eigenvalue weighted by Crippen LogP contribution is 2.31. The molecule has 1 unspecified atom stereocenters. The van der Waals surface area contributed by atoms with Gasteiger partial charge in [0.15, 0.2) is 0 Å². The first-order valence-electron chi connectivity index (χ1n) is 5.35. The average molecular weight is 284 g/mol. The van der Waals surface area contributed by atoms with Gasteiger partial charge < -0.3 is 10.0 Å². The van der Waals surface area contributed by atoms with Gasteiger partial charge in [-0.15, -0.1) is 0 Å². The molecule has 1 atom stereocenters. The highest BCUT2D eigenvalue weighted by Gasteiger charge is 2.20. The summed E-state index contributed by atoms with van der Waals surface area (Å²) in [6.45, 7) is 4.33. The van der Waals surface area contributed by atoms with E-state index in [1.165, 1.54) is 6.42 Å². The zero-order chi connectivity index (χ0) is 11.7. The maximum Gasteiger partial charge on any atom is 0.335 e. The maximum absolute atomic E-state index is 10.8. The van der Waals surface area contributed by atoms with Crippen LogP contribution in [0.2, 0.25) is 0 Å². The van der Waals surface area contributed by atoms with Crippen molar-refractivity contribution >= 4 is 27.6 Å². The van der Waals surface area contributed by atoms with E-state index in [1.54, 1.807) is 12.1 Å². The molecule has 0 radical (unpaired) electrons. The molecule has 1 aromatic rings. The van der Waals surface area contributed by atoms with Crippen molar-refractivity contribution in [2.24, 2.45) is 5.92 Å². The van der Waals surface area contributed by atoms with Gasteiger partial charge >= 0.3 is 5.97 Å². The molecule has 2 rings (SSSR count). The molecule has 0 spiro atoms. The van der Waals surface area contributed by atoms with Crippen LogP contribution in [0.4, 0.5) is 5.69 Å². The van der Waals surface area contributed by atoms with E-state index in [9.17, 15) is 4.79 Å². The van der Waals surface area contributed by atoms with E-state index in [-0.39, 0.29) is 0 Å². The van der Waals surface area contributed by atoms with Gasteiger partial charge in [0.05, 0.1) is 11.3 Å². The summed E-state index contributed by atoms with van der Waals surface area (Å²) < 4.78 is 0.863. The van der Waals surface area contributed by atoms with Crippen LogP contribution >= 0.6 is 15.9 Å². The summed E-state index contributed by atoms with van der Waals surface area (Å²) in [5, 5.41) is 8.87. The van der Waals surface area contributed by atoms with Crippen LogP contribution in [0.15, 0.2) is 22.7 Å². The Bertz CT molecular complexity index is 419. The third-order valence-corrected chi connectivity index (χ3v) is 3.59. The summed E-state index contributed by atoms with van der Waals surface area (Å²) >= 11 is 3.44. The second kappa shape index (κ2) is 4.45. The maximum atomic E-state index is 10.8. The van der Waals surface area contributed by atoms with E-state index >= 15 is 0 Å². The monoisotopic (exact) mass is 283 g/mol. The Morgan fingerprint density at radius 2 is 2.31 bits per heavy atom. The van der Waals surface area contributed by atoms with Crippen molar-refractivity contribution in [2.75, 3.05) is 18.0 Å². The molecule has 1 aromatic carbocycles. The molecule has 1 N–H and O–H groups in total. The molecular formula is C12H14BrNO2. The zero-order valence-electron chi connectivity index (χ0n) is 9.11. The molecule has 1 aliphatic heterocycles. The van der Waals surface area contributed by atoms with E-state index in [0.717, 1.165) is 23.2 Å². The van der Waals surface area contributed by atoms with Crippen molar-refractivity contribution in [1.82, 2.24) is 0 Å². The van der Waals surface area contributed by atoms with Gasteiger partial charge in [0.1, 0.15) is 0 Å². The van der Waals surface area contributed by atoms with Crippen molar-refractivity contribution in [1.29, 1.82) is 0 Å². The van der Waals surface area contributed by atoms with Gasteiger partial charge in [0.25, 0.3) is 0 Å². The largest absolute Gasteiger partial charge is 0.478 e. The Labute approximate surface area is 103 Å². The molecule has 3 nitrogen and oxygen atoms in total. The van der Waals surface area contributed by atoms with E-state index in [2.05, 4.69) is 27.8 Å². The lowest BCUT2D eigenvalue weighted by molar-refractivity contribution is 0.0697. The second-order valence-corrected chi connectivity index (χ2v) is 5.17. The molecule has 16 heavy (non-hydrogen) atoms. The number of rotatable bonds is 2. The van der Waals surface area contributed by atoms with Gasteiger partial charge in [-0.05, 0) is 46.5 Å². The quantitative estimate of drug-likeness (QED) is 0.907. The molecule has 0 bridgehead atoms. The third kappa shape index (κ3) is 2.21. The lowest BCUT2D eigenvalue weighted by Gasteiger charge is -2.20. The number of anilines is 1. The Morgan fingerprint density at radius 3 is 2.81 bits per heavy atom. The molecule has 0 aromatic heterocycles. The van der Waals surface area contributed by atoms with Crippen LogP contribution in [0.3, 0.4) is 0 Å². The minimum Gasteiger partial charge on any atom is -0.478 e. The van der Waals surface area contributed by atoms with Gasteiger partial charge in [-0.1, -0.05) is 6.92 Å². The third-order valence-electron chi connectivity index (χ3n) is 2.96. The normalized spacial score (nSPS) is 20.1. The molecule has 4 heteroatoms. The van der Waals surface area contributed by atoms with E-state index in [0.29, 0.717) is 11.5 Å². The minimum absolute atomic E-state index is 0.322. The second-order valence-electron chi connectivity index (χ2n) is 4.31. The Kier molecular flexibility index (Phi) is 3.19. The Morgan fingerprint density at radius 1 is 1.56 bits per heavy atom. The Balaban J connectivity index is 2.26. The Hall–Kier alpha value is -1.03. The molecule has 0 saturated carbocycles. The SMILES string of the molecule is CC1CCN(c2ccc(C(=O)O)cc2Br)C1. The van der Waals surface area contributed by atoms with Crippen LogP contribution < -0.4 is 4.90 Å². The zero-order valence-corrected chi connectivity index (χ0v) is 10.7. The fourth-order valence-corrected chi connectivity index (χ4v) is 2.68. The topological polar surface area (TPSA) is 40.5 Å². The predicted molar refractivity (Wildman–Crippen MR) is 67.1 cm³/mol.